The maximum atomic E-state index is 13.0. The number of nitrogens with one attached hydrogen (secondary N) is 2. The molecule has 2 N–H and O–H groups in total. The number of hydrogen-bond acceptors (Lipinski definition) is 9. The number of carbonyl (C=O) groups excluding carboxylic acids is 1. The zero-order valence-corrected chi connectivity index (χ0v) is 21.6. The summed E-state index contributed by atoms with van der Waals surface area (Å²) in [6.45, 7) is 4.73. The number of carbonyl (C=O) groups is 1. The average Bonchev–Trinajstić information content (AvgIpc) is 3.38. The standard InChI is InChI=1S/C26H29N4O6P/c1-4-18-8-7-9-19(12-18)29-26-21-13-23(30-25(31)16-37(32,34-5-2)35-6-3)24(14-22(21)27-17-28-26)36-20-10-11-33-15-20/h1,7-9,12-14,17,20H,5-6,10-11,15-16H2,2-3H3,(H,30,31)(H,27,28,29)/t20-/m0/s1. The molecule has 0 radical (unpaired) electrons. The fourth-order valence-corrected chi connectivity index (χ4v) is 5.35. The number of hydrogen-bond donors (Lipinski definition) is 2. The smallest absolute Gasteiger partial charge is 0.340 e. The van der Waals surface area contributed by atoms with Crippen molar-refractivity contribution in [2.45, 2.75) is 26.4 Å². The van der Waals surface area contributed by atoms with Crippen LogP contribution in [0.1, 0.15) is 25.8 Å². The van der Waals surface area contributed by atoms with Gasteiger partial charge in [0.05, 0.1) is 37.6 Å². The number of ether oxygens (including phenoxy) is 2. The van der Waals surface area contributed by atoms with Crippen molar-refractivity contribution < 1.29 is 27.9 Å². The molecule has 11 heteroatoms. The molecule has 1 aliphatic rings. The van der Waals surface area contributed by atoms with E-state index in [0.717, 1.165) is 17.7 Å². The summed E-state index contributed by atoms with van der Waals surface area (Å²) in [5.74, 6) is 3.00. The summed E-state index contributed by atoms with van der Waals surface area (Å²) in [7, 11) is -3.59. The van der Waals surface area contributed by atoms with Crippen molar-refractivity contribution in [2.24, 2.45) is 0 Å². The predicted octanol–water partition coefficient (Wildman–Crippen LogP) is 4.73. The van der Waals surface area contributed by atoms with Gasteiger partial charge in [-0.15, -0.1) is 6.42 Å². The number of aromatic nitrogens is 2. The van der Waals surface area contributed by atoms with Gasteiger partial charge in [0.25, 0.3) is 0 Å². The molecule has 2 heterocycles. The van der Waals surface area contributed by atoms with Crippen LogP contribution in [0.15, 0.2) is 42.7 Å². The van der Waals surface area contributed by atoms with Gasteiger partial charge in [0, 0.05) is 29.1 Å². The molecular weight excluding hydrogens is 495 g/mol. The highest BCUT2D eigenvalue weighted by atomic mass is 31.2. The van der Waals surface area contributed by atoms with E-state index in [-0.39, 0.29) is 19.3 Å². The lowest BCUT2D eigenvalue weighted by Gasteiger charge is -2.19. The minimum Gasteiger partial charge on any atom is -0.486 e. The zero-order valence-electron chi connectivity index (χ0n) is 20.7. The van der Waals surface area contributed by atoms with E-state index in [9.17, 15) is 9.36 Å². The Balaban J connectivity index is 1.68. The molecule has 2 aromatic carbocycles. The number of amides is 1. The Kier molecular flexibility index (Phi) is 8.74. The minimum absolute atomic E-state index is 0.157. The van der Waals surface area contributed by atoms with Gasteiger partial charge in [-0.3, -0.25) is 9.36 Å². The van der Waals surface area contributed by atoms with Crippen LogP contribution in [-0.4, -0.2) is 54.6 Å². The molecule has 0 unspecified atom stereocenters. The fraction of sp³-hybridized carbons (Fsp3) is 0.346. The van der Waals surface area contributed by atoms with Crippen molar-refractivity contribution in [2.75, 3.05) is 43.2 Å². The van der Waals surface area contributed by atoms with Crippen molar-refractivity contribution in [3.05, 3.63) is 48.3 Å². The number of rotatable bonds is 11. The van der Waals surface area contributed by atoms with Crippen LogP contribution in [0.5, 0.6) is 5.75 Å². The molecule has 1 saturated heterocycles. The zero-order chi connectivity index (χ0) is 26.3. The quantitative estimate of drug-likeness (QED) is 0.271. The van der Waals surface area contributed by atoms with E-state index in [0.29, 0.717) is 41.4 Å². The average molecular weight is 525 g/mol. The van der Waals surface area contributed by atoms with Crippen LogP contribution in [0.3, 0.4) is 0 Å². The van der Waals surface area contributed by atoms with Gasteiger partial charge in [0.15, 0.2) is 0 Å². The molecule has 1 fully saturated rings. The summed E-state index contributed by atoms with van der Waals surface area (Å²) in [4.78, 5) is 21.7. The van der Waals surface area contributed by atoms with Gasteiger partial charge < -0.3 is 29.2 Å². The second-order valence-electron chi connectivity index (χ2n) is 8.19. The third-order valence-corrected chi connectivity index (χ3v) is 7.45. The largest absolute Gasteiger partial charge is 0.486 e. The minimum atomic E-state index is -3.59. The maximum Gasteiger partial charge on any atom is 0.340 e. The molecule has 1 amide bonds. The number of fused-ring (bicyclic) bond motifs is 1. The van der Waals surface area contributed by atoms with Gasteiger partial charge in [-0.2, -0.15) is 0 Å². The number of anilines is 3. The van der Waals surface area contributed by atoms with Crippen molar-refractivity contribution in [1.29, 1.82) is 0 Å². The van der Waals surface area contributed by atoms with E-state index in [1.165, 1.54) is 6.33 Å². The Labute approximate surface area is 215 Å². The highest BCUT2D eigenvalue weighted by Crippen LogP contribution is 2.48. The normalized spacial score (nSPS) is 15.3. The Hall–Kier alpha value is -3.48. The van der Waals surface area contributed by atoms with Crippen LogP contribution < -0.4 is 15.4 Å². The molecular formula is C26H29N4O6P. The third-order valence-electron chi connectivity index (χ3n) is 5.47. The molecule has 194 valence electrons. The lowest BCUT2D eigenvalue weighted by atomic mass is 10.1. The van der Waals surface area contributed by atoms with E-state index in [2.05, 4.69) is 26.5 Å². The SMILES string of the molecule is C#Cc1cccc(Nc2ncnc3cc(O[C@H]4CCOC4)c(NC(=O)CP(=O)(OCC)OCC)cc23)c1. The van der Waals surface area contributed by atoms with E-state index < -0.39 is 19.7 Å². The van der Waals surface area contributed by atoms with E-state index in [1.54, 1.807) is 26.0 Å². The lowest BCUT2D eigenvalue weighted by molar-refractivity contribution is -0.114. The highest BCUT2D eigenvalue weighted by molar-refractivity contribution is 7.54. The van der Waals surface area contributed by atoms with E-state index >= 15 is 0 Å². The van der Waals surface area contributed by atoms with Crippen LogP contribution in [-0.2, 0) is 23.1 Å². The number of benzene rings is 2. The van der Waals surface area contributed by atoms with Crippen LogP contribution in [0.25, 0.3) is 10.9 Å². The summed E-state index contributed by atoms with van der Waals surface area (Å²) in [5.41, 5.74) is 2.45. The topological polar surface area (TPSA) is 121 Å². The van der Waals surface area contributed by atoms with Crippen LogP contribution in [0.4, 0.5) is 17.2 Å². The Morgan fingerprint density at radius 2 is 2.03 bits per heavy atom. The molecule has 0 saturated carbocycles. The molecule has 10 nitrogen and oxygen atoms in total. The number of nitrogens with zero attached hydrogens (tertiary/aromatic N) is 2. The highest BCUT2D eigenvalue weighted by Gasteiger charge is 2.29. The Morgan fingerprint density at radius 3 is 2.73 bits per heavy atom. The lowest BCUT2D eigenvalue weighted by Crippen LogP contribution is -2.21. The van der Waals surface area contributed by atoms with Crippen LogP contribution in [0.2, 0.25) is 0 Å². The Morgan fingerprint density at radius 1 is 1.22 bits per heavy atom. The first kappa shape index (κ1) is 26.6. The molecule has 3 aromatic rings. The van der Waals surface area contributed by atoms with Crippen molar-refractivity contribution in [3.63, 3.8) is 0 Å². The molecule has 37 heavy (non-hydrogen) atoms. The van der Waals surface area contributed by atoms with Crippen LogP contribution >= 0.6 is 7.60 Å². The molecule has 0 bridgehead atoms. The van der Waals surface area contributed by atoms with Crippen molar-refractivity contribution >= 4 is 41.6 Å². The summed E-state index contributed by atoms with van der Waals surface area (Å²) >= 11 is 0. The number of terminal acetylenes is 1. The van der Waals surface area contributed by atoms with Gasteiger partial charge in [-0.25, -0.2) is 9.97 Å². The van der Waals surface area contributed by atoms with E-state index in [1.807, 2.05) is 24.3 Å². The summed E-state index contributed by atoms with van der Waals surface area (Å²) < 4.78 is 35.0. The third kappa shape index (κ3) is 6.85. The van der Waals surface area contributed by atoms with Gasteiger partial charge in [-0.1, -0.05) is 12.0 Å². The Bertz CT molecular complexity index is 1340. The maximum absolute atomic E-state index is 13.0. The molecule has 1 aliphatic heterocycles. The van der Waals surface area contributed by atoms with Gasteiger partial charge in [-0.05, 0) is 38.1 Å². The fourth-order valence-electron chi connectivity index (χ4n) is 3.88. The molecule has 4 rings (SSSR count). The molecule has 1 aromatic heterocycles. The first-order valence-corrected chi connectivity index (χ1v) is 13.7. The predicted molar refractivity (Wildman–Crippen MR) is 141 cm³/mol. The first-order valence-electron chi connectivity index (χ1n) is 12.0. The first-order chi connectivity index (χ1) is 17.9. The second kappa shape index (κ2) is 12.2. The second-order valence-corrected chi connectivity index (χ2v) is 10.2. The van der Waals surface area contributed by atoms with Gasteiger partial charge >= 0.3 is 7.60 Å². The van der Waals surface area contributed by atoms with Crippen LogP contribution in [0, 0.1) is 12.3 Å². The summed E-state index contributed by atoms with van der Waals surface area (Å²) in [5, 5.41) is 6.71. The molecule has 1 atom stereocenters. The molecule has 0 spiro atoms. The van der Waals surface area contributed by atoms with Crippen molar-refractivity contribution in [1.82, 2.24) is 9.97 Å². The van der Waals surface area contributed by atoms with Gasteiger partial charge in [0.1, 0.15) is 30.2 Å². The monoisotopic (exact) mass is 524 g/mol. The van der Waals surface area contributed by atoms with Crippen molar-refractivity contribution in [3.8, 4) is 18.1 Å². The summed E-state index contributed by atoms with van der Waals surface area (Å²) in [6.07, 6.45) is 7.08. The molecule has 0 aliphatic carbocycles. The van der Waals surface area contributed by atoms with E-state index in [4.69, 9.17) is 24.9 Å². The van der Waals surface area contributed by atoms with Gasteiger partial charge in [0.2, 0.25) is 5.91 Å². The summed E-state index contributed by atoms with van der Waals surface area (Å²) in [6, 6.07) is 10.8.